The van der Waals surface area contributed by atoms with Gasteiger partial charge in [0.05, 0.1) is 30.5 Å². The van der Waals surface area contributed by atoms with E-state index in [1.165, 1.54) is 6.07 Å². The van der Waals surface area contributed by atoms with E-state index >= 15 is 0 Å². The Morgan fingerprint density at radius 3 is 2.55 bits per heavy atom. The standard InChI is InChI=1S/C15H17FN2O2/c16-13-9-11(10-17)1-2-14(13)18-12-3-5-15(6-4-12)19-7-8-20-15/h1-2,9,12,18H,3-8H2. The first-order valence-electron chi connectivity index (χ1n) is 6.95. The number of ether oxygens (including phenoxy) is 2. The number of anilines is 1. The molecular weight excluding hydrogens is 259 g/mol. The molecular formula is C15H17FN2O2. The van der Waals surface area contributed by atoms with Crippen LogP contribution in [-0.2, 0) is 9.47 Å². The number of hydrogen-bond donors (Lipinski definition) is 1. The quantitative estimate of drug-likeness (QED) is 0.902. The Hall–Kier alpha value is -1.64. The maximum atomic E-state index is 13.8. The smallest absolute Gasteiger partial charge is 0.168 e. The molecule has 0 amide bonds. The molecule has 0 unspecified atom stereocenters. The second-order valence-corrected chi connectivity index (χ2v) is 5.33. The summed E-state index contributed by atoms with van der Waals surface area (Å²) in [5.41, 5.74) is 0.793. The zero-order valence-corrected chi connectivity index (χ0v) is 11.2. The summed E-state index contributed by atoms with van der Waals surface area (Å²) in [5, 5.41) is 11.9. The molecule has 1 aromatic carbocycles. The number of rotatable bonds is 2. The van der Waals surface area contributed by atoms with Crippen molar-refractivity contribution >= 4 is 5.69 Å². The van der Waals surface area contributed by atoms with Crippen molar-refractivity contribution in [2.45, 2.75) is 37.5 Å². The van der Waals surface area contributed by atoms with Gasteiger partial charge in [0.2, 0.25) is 0 Å². The van der Waals surface area contributed by atoms with E-state index in [-0.39, 0.29) is 17.6 Å². The molecule has 0 radical (unpaired) electrons. The number of nitrogens with one attached hydrogen (secondary N) is 1. The zero-order valence-electron chi connectivity index (χ0n) is 11.2. The van der Waals surface area contributed by atoms with Crippen LogP contribution in [0, 0.1) is 17.1 Å². The van der Waals surface area contributed by atoms with E-state index in [1.54, 1.807) is 12.1 Å². The minimum atomic E-state index is -0.388. The third-order valence-corrected chi connectivity index (χ3v) is 4.02. The van der Waals surface area contributed by atoms with Gasteiger partial charge < -0.3 is 14.8 Å². The van der Waals surface area contributed by atoms with Crippen LogP contribution in [0.25, 0.3) is 0 Å². The topological polar surface area (TPSA) is 54.3 Å². The van der Waals surface area contributed by atoms with Gasteiger partial charge in [-0.15, -0.1) is 0 Å². The minimum Gasteiger partial charge on any atom is -0.380 e. The van der Waals surface area contributed by atoms with Crippen molar-refractivity contribution < 1.29 is 13.9 Å². The Labute approximate surface area is 117 Å². The average molecular weight is 276 g/mol. The van der Waals surface area contributed by atoms with Gasteiger partial charge >= 0.3 is 0 Å². The Balaban J connectivity index is 1.61. The number of benzene rings is 1. The highest BCUT2D eigenvalue weighted by Gasteiger charge is 2.40. The number of nitrogens with zero attached hydrogens (tertiary/aromatic N) is 1. The normalized spacial score (nSPS) is 21.8. The van der Waals surface area contributed by atoms with Crippen LogP contribution >= 0.6 is 0 Å². The summed E-state index contributed by atoms with van der Waals surface area (Å²) in [6.07, 6.45) is 3.45. The lowest BCUT2D eigenvalue weighted by Gasteiger charge is -2.36. The predicted octanol–water partition coefficient (Wildman–Crippen LogP) is 2.79. The molecule has 0 aromatic heterocycles. The Kier molecular flexibility index (Phi) is 3.60. The van der Waals surface area contributed by atoms with Crippen LogP contribution < -0.4 is 5.32 Å². The Bertz CT molecular complexity index is 525. The van der Waals surface area contributed by atoms with Gasteiger partial charge in [-0.2, -0.15) is 5.26 Å². The van der Waals surface area contributed by atoms with E-state index in [2.05, 4.69) is 5.32 Å². The predicted molar refractivity (Wildman–Crippen MR) is 71.6 cm³/mol. The SMILES string of the molecule is N#Cc1ccc(NC2CCC3(CC2)OCCO3)c(F)c1. The van der Waals surface area contributed by atoms with Gasteiger partial charge in [-0.1, -0.05) is 0 Å². The molecule has 2 fully saturated rings. The molecule has 2 aliphatic rings. The number of hydrogen-bond acceptors (Lipinski definition) is 4. The van der Waals surface area contributed by atoms with Crippen molar-refractivity contribution in [1.82, 2.24) is 0 Å². The van der Waals surface area contributed by atoms with E-state index in [4.69, 9.17) is 14.7 Å². The molecule has 0 bridgehead atoms. The van der Waals surface area contributed by atoms with Crippen molar-refractivity contribution in [1.29, 1.82) is 5.26 Å². The van der Waals surface area contributed by atoms with Crippen LogP contribution in [0.4, 0.5) is 10.1 Å². The van der Waals surface area contributed by atoms with E-state index in [0.717, 1.165) is 25.7 Å². The molecule has 1 aliphatic heterocycles. The monoisotopic (exact) mass is 276 g/mol. The third-order valence-electron chi connectivity index (χ3n) is 4.02. The lowest BCUT2D eigenvalue weighted by Crippen LogP contribution is -2.39. The first-order valence-corrected chi connectivity index (χ1v) is 6.95. The van der Waals surface area contributed by atoms with Gasteiger partial charge in [0.25, 0.3) is 0 Å². The molecule has 106 valence electrons. The van der Waals surface area contributed by atoms with Gasteiger partial charge in [0.15, 0.2) is 5.79 Å². The fraction of sp³-hybridized carbons (Fsp3) is 0.533. The fourth-order valence-corrected chi connectivity index (χ4v) is 2.91. The molecule has 5 heteroatoms. The van der Waals surface area contributed by atoms with Crippen LogP contribution in [-0.4, -0.2) is 25.0 Å². The lowest BCUT2D eigenvalue weighted by atomic mass is 9.90. The van der Waals surface area contributed by atoms with Crippen molar-refractivity contribution in [2.24, 2.45) is 0 Å². The van der Waals surface area contributed by atoms with E-state index in [9.17, 15) is 4.39 Å². The first-order chi connectivity index (χ1) is 9.71. The maximum Gasteiger partial charge on any atom is 0.168 e. The summed E-state index contributed by atoms with van der Waals surface area (Å²) in [4.78, 5) is 0. The lowest BCUT2D eigenvalue weighted by molar-refractivity contribution is -0.177. The first kappa shape index (κ1) is 13.3. The summed E-state index contributed by atoms with van der Waals surface area (Å²) in [6.45, 7) is 1.34. The highest BCUT2D eigenvalue weighted by molar-refractivity contribution is 5.49. The zero-order chi connectivity index (χ0) is 14.0. The van der Waals surface area contributed by atoms with Gasteiger partial charge in [-0.05, 0) is 31.0 Å². The van der Waals surface area contributed by atoms with Crippen molar-refractivity contribution in [3.8, 4) is 6.07 Å². The summed E-state index contributed by atoms with van der Waals surface area (Å²) < 4.78 is 25.2. The minimum absolute atomic E-state index is 0.218. The average Bonchev–Trinajstić information content (AvgIpc) is 2.92. The number of nitriles is 1. The van der Waals surface area contributed by atoms with Crippen LogP contribution in [0.2, 0.25) is 0 Å². The van der Waals surface area contributed by atoms with Gasteiger partial charge in [0, 0.05) is 18.9 Å². The van der Waals surface area contributed by atoms with Crippen molar-refractivity contribution in [2.75, 3.05) is 18.5 Å². The molecule has 0 atom stereocenters. The van der Waals surface area contributed by atoms with Crippen LogP contribution in [0.5, 0.6) is 0 Å². The largest absolute Gasteiger partial charge is 0.380 e. The van der Waals surface area contributed by atoms with Crippen LogP contribution in [0.15, 0.2) is 18.2 Å². The molecule has 1 N–H and O–H groups in total. The molecule has 20 heavy (non-hydrogen) atoms. The highest BCUT2D eigenvalue weighted by Crippen LogP contribution is 2.36. The molecule has 1 saturated carbocycles. The van der Waals surface area contributed by atoms with Crippen LogP contribution in [0.3, 0.4) is 0 Å². The maximum absolute atomic E-state index is 13.8. The van der Waals surface area contributed by atoms with E-state index in [1.807, 2.05) is 6.07 Å². The summed E-state index contributed by atoms with van der Waals surface area (Å²) in [7, 11) is 0. The second kappa shape index (κ2) is 5.39. The second-order valence-electron chi connectivity index (χ2n) is 5.33. The molecule has 1 spiro atoms. The van der Waals surface area contributed by atoms with Gasteiger partial charge in [0.1, 0.15) is 5.82 Å². The van der Waals surface area contributed by atoms with Gasteiger partial charge in [-0.25, -0.2) is 4.39 Å². The summed E-state index contributed by atoms with van der Waals surface area (Å²) in [5.74, 6) is -0.765. The molecule has 1 heterocycles. The molecule has 1 saturated heterocycles. The Morgan fingerprint density at radius 1 is 1.25 bits per heavy atom. The molecule has 1 aliphatic carbocycles. The Morgan fingerprint density at radius 2 is 1.95 bits per heavy atom. The van der Waals surface area contributed by atoms with Crippen molar-refractivity contribution in [3.05, 3.63) is 29.6 Å². The fourth-order valence-electron chi connectivity index (χ4n) is 2.91. The molecule has 3 rings (SSSR count). The van der Waals surface area contributed by atoms with E-state index in [0.29, 0.717) is 24.5 Å². The van der Waals surface area contributed by atoms with Crippen molar-refractivity contribution in [3.63, 3.8) is 0 Å². The number of halogens is 1. The van der Waals surface area contributed by atoms with E-state index < -0.39 is 0 Å². The molecule has 1 aromatic rings. The van der Waals surface area contributed by atoms with Crippen LogP contribution in [0.1, 0.15) is 31.2 Å². The summed E-state index contributed by atoms with van der Waals surface area (Å²) >= 11 is 0. The highest BCUT2D eigenvalue weighted by atomic mass is 19.1. The van der Waals surface area contributed by atoms with Gasteiger partial charge in [-0.3, -0.25) is 0 Å². The molecule has 4 nitrogen and oxygen atoms in total. The third kappa shape index (κ3) is 2.62. The summed E-state index contributed by atoms with van der Waals surface area (Å²) in [6, 6.07) is 6.66.